The molecule has 0 aromatic heterocycles. The van der Waals surface area contributed by atoms with E-state index in [-0.39, 0.29) is 5.02 Å². The first-order valence-electron chi connectivity index (χ1n) is 6.12. The Morgan fingerprint density at radius 3 is 2.36 bits per heavy atom. The van der Waals surface area contributed by atoms with Gasteiger partial charge in [-0.15, -0.1) is 0 Å². The second kappa shape index (κ2) is 8.09. The molecule has 0 aliphatic carbocycles. The number of carbonyl (C=O) groups excluding carboxylic acids is 1. The van der Waals surface area contributed by atoms with Crippen LogP contribution in [-0.4, -0.2) is 50.0 Å². The van der Waals surface area contributed by atoms with Crippen molar-refractivity contribution in [3.63, 3.8) is 0 Å². The van der Waals surface area contributed by atoms with Crippen molar-refractivity contribution in [3.8, 4) is 0 Å². The lowest BCUT2D eigenvalue weighted by Crippen LogP contribution is -2.49. The van der Waals surface area contributed by atoms with E-state index in [4.69, 9.17) is 28.3 Å². The third-order valence-electron chi connectivity index (χ3n) is 2.69. The van der Waals surface area contributed by atoms with Crippen LogP contribution in [0.3, 0.4) is 0 Å². The number of hydrogen-bond acceptors (Lipinski definition) is 5. The van der Waals surface area contributed by atoms with E-state index >= 15 is 0 Å². The Morgan fingerprint density at radius 1 is 1.27 bits per heavy atom. The third kappa shape index (κ3) is 5.71. The van der Waals surface area contributed by atoms with Gasteiger partial charge in [-0.2, -0.15) is 0 Å². The van der Waals surface area contributed by atoms with Gasteiger partial charge in [0.15, 0.2) is 0 Å². The first-order chi connectivity index (χ1) is 10.2. The van der Waals surface area contributed by atoms with Gasteiger partial charge in [-0.3, -0.25) is 4.79 Å². The highest BCUT2D eigenvalue weighted by molar-refractivity contribution is 7.88. The molecule has 0 fully saturated rings. The maximum absolute atomic E-state index is 12.0. The molecule has 7 nitrogen and oxygen atoms in total. The van der Waals surface area contributed by atoms with Gasteiger partial charge >= 0.3 is 0 Å². The molecule has 1 aromatic rings. The van der Waals surface area contributed by atoms with Gasteiger partial charge in [-0.1, -0.05) is 29.3 Å². The van der Waals surface area contributed by atoms with Crippen molar-refractivity contribution in [1.29, 1.82) is 0 Å². The van der Waals surface area contributed by atoms with Gasteiger partial charge in [0.05, 0.1) is 25.5 Å². The molecule has 0 radical (unpaired) electrons. The average molecular weight is 371 g/mol. The number of aliphatic hydroxyl groups excluding tert-OH is 2. The predicted molar refractivity (Wildman–Crippen MR) is 83.3 cm³/mol. The van der Waals surface area contributed by atoms with Crippen molar-refractivity contribution in [1.82, 2.24) is 10.0 Å². The summed E-state index contributed by atoms with van der Waals surface area (Å²) in [6.07, 6.45) is 0.864. The van der Waals surface area contributed by atoms with Crippen LogP contribution < -0.4 is 10.0 Å². The minimum absolute atomic E-state index is 0.239. The summed E-state index contributed by atoms with van der Waals surface area (Å²) in [6, 6.07) is 2.29. The summed E-state index contributed by atoms with van der Waals surface area (Å²) >= 11 is 11.8. The number of sulfonamides is 1. The Hall–Kier alpha value is -0.900. The van der Waals surface area contributed by atoms with Crippen LogP contribution in [-0.2, 0) is 14.8 Å². The largest absolute Gasteiger partial charge is 0.394 e. The third-order valence-corrected chi connectivity index (χ3v) is 3.97. The van der Waals surface area contributed by atoms with Gasteiger partial charge in [0.25, 0.3) is 0 Å². The SMILES string of the molecule is CS(=O)(=O)NC(CO)C(=O)NC(CO)c1ccc(Cl)cc1Cl. The zero-order valence-electron chi connectivity index (χ0n) is 11.6. The van der Waals surface area contributed by atoms with Gasteiger partial charge in [-0.05, 0) is 17.7 Å². The molecular formula is C12H16Cl2N2O5S. The van der Waals surface area contributed by atoms with Gasteiger partial charge in [0.1, 0.15) is 6.04 Å². The molecule has 124 valence electrons. The molecule has 1 amide bonds. The summed E-state index contributed by atoms with van der Waals surface area (Å²) < 4.78 is 24.3. The molecule has 1 rings (SSSR count). The molecule has 0 aliphatic heterocycles. The van der Waals surface area contributed by atoms with Crippen molar-refractivity contribution in [2.75, 3.05) is 19.5 Å². The normalized spacial score (nSPS) is 14.4. The number of hydrogen-bond donors (Lipinski definition) is 4. The van der Waals surface area contributed by atoms with Gasteiger partial charge in [0.2, 0.25) is 15.9 Å². The Kier molecular flexibility index (Phi) is 7.04. The Bertz CT molecular complexity index is 638. The highest BCUT2D eigenvalue weighted by Gasteiger charge is 2.25. The summed E-state index contributed by atoms with van der Waals surface area (Å²) in [7, 11) is -3.68. The van der Waals surface area contributed by atoms with E-state index in [1.165, 1.54) is 18.2 Å². The number of nitrogens with one attached hydrogen (secondary N) is 2. The fourth-order valence-electron chi connectivity index (χ4n) is 1.71. The van der Waals surface area contributed by atoms with Crippen LogP contribution >= 0.6 is 23.2 Å². The zero-order valence-corrected chi connectivity index (χ0v) is 13.9. The Labute approximate surface area is 138 Å². The molecule has 0 bridgehead atoms. The smallest absolute Gasteiger partial charge is 0.241 e. The average Bonchev–Trinajstić information content (AvgIpc) is 2.41. The van der Waals surface area contributed by atoms with Crippen molar-refractivity contribution >= 4 is 39.1 Å². The molecule has 2 atom stereocenters. The van der Waals surface area contributed by atoms with E-state index in [2.05, 4.69) is 5.32 Å². The lowest BCUT2D eigenvalue weighted by molar-refractivity contribution is -0.124. The standard InChI is InChI=1S/C12H16Cl2N2O5S/c1-22(20,21)16-11(6-18)12(19)15-10(5-17)8-3-2-7(13)4-9(8)14/h2-4,10-11,16-18H,5-6H2,1H3,(H,15,19). The second-order valence-corrected chi connectivity index (χ2v) is 7.16. The zero-order chi connectivity index (χ0) is 16.9. The van der Waals surface area contributed by atoms with E-state index in [1.807, 2.05) is 4.72 Å². The van der Waals surface area contributed by atoms with Crippen LogP contribution in [0, 0.1) is 0 Å². The number of rotatable bonds is 7. The summed E-state index contributed by atoms with van der Waals surface area (Å²) in [5.41, 5.74) is 0.415. The lowest BCUT2D eigenvalue weighted by Gasteiger charge is -2.21. The number of carbonyl (C=O) groups is 1. The molecule has 22 heavy (non-hydrogen) atoms. The molecule has 10 heteroatoms. The minimum atomic E-state index is -3.68. The highest BCUT2D eigenvalue weighted by Crippen LogP contribution is 2.26. The monoisotopic (exact) mass is 370 g/mol. The van der Waals surface area contributed by atoms with Crippen LogP contribution in [0.2, 0.25) is 10.0 Å². The predicted octanol–water partition coefficient (Wildman–Crippen LogP) is 0.0531. The summed E-state index contributed by atoms with van der Waals surface area (Å²) in [4.78, 5) is 12.0. The van der Waals surface area contributed by atoms with Gasteiger partial charge in [-0.25, -0.2) is 13.1 Å². The molecular weight excluding hydrogens is 355 g/mol. The van der Waals surface area contributed by atoms with Crippen LogP contribution in [0.15, 0.2) is 18.2 Å². The fourth-order valence-corrected chi connectivity index (χ4v) is 2.95. The highest BCUT2D eigenvalue weighted by atomic mass is 35.5. The molecule has 1 aromatic carbocycles. The summed E-state index contributed by atoms with van der Waals surface area (Å²) in [5, 5.41) is 21.6. The molecule has 0 spiro atoms. The van der Waals surface area contributed by atoms with E-state index in [0.29, 0.717) is 10.6 Å². The Morgan fingerprint density at radius 2 is 1.91 bits per heavy atom. The van der Waals surface area contributed by atoms with E-state index in [1.54, 1.807) is 0 Å². The minimum Gasteiger partial charge on any atom is -0.394 e. The maximum atomic E-state index is 12.0. The maximum Gasteiger partial charge on any atom is 0.241 e. The number of benzene rings is 1. The first kappa shape index (κ1) is 19.1. The van der Waals surface area contributed by atoms with Crippen molar-refractivity contribution < 1.29 is 23.4 Å². The fraction of sp³-hybridized carbons (Fsp3) is 0.417. The molecule has 0 aliphatic rings. The van der Waals surface area contributed by atoms with Crippen LogP contribution in [0.4, 0.5) is 0 Å². The summed E-state index contributed by atoms with van der Waals surface area (Å²) in [5.74, 6) is -0.794. The lowest BCUT2D eigenvalue weighted by atomic mass is 10.1. The second-order valence-electron chi connectivity index (χ2n) is 4.53. The number of aliphatic hydroxyl groups is 2. The first-order valence-corrected chi connectivity index (χ1v) is 8.77. The van der Waals surface area contributed by atoms with Crippen molar-refractivity contribution in [2.45, 2.75) is 12.1 Å². The van der Waals surface area contributed by atoms with E-state index in [0.717, 1.165) is 6.26 Å². The summed E-state index contributed by atoms with van der Waals surface area (Å²) in [6.45, 7) is -1.20. The molecule has 0 saturated heterocycles. The quantitative estimate of drug-likeness (QED) is 0.541. The topological polar surface area (TPSA) is 116 Å². The van der Waals surface area contributed by atoms with Gasteiger partial charge in [0, 0.05) is 10.0 Å². The van der Waals surface area contributed by atoms with Gasteiger partial charge < -0.3 is 15.5 Å². The Balaban J connectivity index is 2.90. The van der Waals surface area contributed by atoms with Crippen molar-refractivity contribution in [2.24, 2.45) is 0 Å². The molecule has 0 heterocycles. The van der Waals surface area contributed by atoms with E-state index in [9.17, 15) is 18.3 Å². The molecule has 0 saturated carbocycles. The number of halogens is 2. The van der Waals surface area contributed by atoms with Crippen molar-refractivity contribution in [3.05, 3.63) is 33.8 Å². The van der Waals surface area contributed by atoms with E-state index < -0.39 is 41.2 Å². The number of amides is 1. The van der Waals surface area contributed by atoms with Crippen LogP contribution in [0.1, 0.15) is 11.6 Å². The van der Waals surface area contributed by atoms with Crippen LogP contribution in [0.25, 0.3) is 0 Å². The molecule has 4 N–H and O–H groups in total. The molecule has 2 unspecified atom stereocenters. The van der Waals surface area contributed by atoms with Crippen LogP contribution in [0.5, 0.6) is 0 Å².